The SMILES string of the molecule is Cc1ccc2c(c1)OC1=CC(NCCCN3CCCC3)=C3C(=O)c4ccccc4C(=O)C3C1=[NH+]2. The van der Waals surface area contributed by atoms with Gasteiger partial charge in [0.25, 0.3) is 0 Å². The summed E-state index contributed by atoms with van der Waals surface area (Å²) in [7, 11) is 0. The lowest BCUT2D eigenvalue weighted by atomic mass is 9.72. The molecule has 1 saturated heterocycles. The molecule has 2 aromatic carbocycles. The van der Waals surface area contributed by atoms with E-state index in [0.29, 0.717) is 33.9 Å². The zero-order chi connectivity index (χ0) is 23.2. The van der Waals surface area contributed by atoms with E-state index in [1.165, 1.54) is 25.9 Å². The van der Waals surface area contributed by atoms with Gasteiger partial charge in [-0.2, -0.15) is 0 Å². The summed E-state index contributed by atoms with van der Waals surface area (Å²) in [6, 6.07) is 13.0. The van der Waals surface area contributed by atoms with Crippen LogP contribution in [0, 0.1) is 12.8 Å². The lowest BCUT2D eigenvalue weighted by Crippen LogP contribution is -2.72. The molecular weight excluding hydrogens is 426 g/mol. The molecule has 6 heteroatoms. The van der Waals surface area contributed by atoms with E-state index in [4.69, 9.17) is 4.74 Å². The fraction of sp³-hybridized carbons (Fsp3) is 0.321. The van der Waals surface area contributed by atoms with Gasteiger partial charge in [0.15, 0.2) is 23.1 Å². The first-order valence-corrected chi connectivity index (χ1v) is 12.1. The summed E-state index contributed by atoms with van der Waals surface area (Å²) >= 11 is 0. The maximum atomic E-state index is 13.7. The van der Waals surface area contributed by atoms with Gasteiger partial charge < -0.3 is 15.0 Å². The highest BCUT2D eigenvalue weighted by molar-refractivity contribution is 6.32. The van der Waals surface area contributed by atoms with E-state index in [0.717, 1.165) is 36.5 Å². The molecule has 34 heavy (non-hydrogen) atoms. The van der Waals surface area contributed by atoms with E-state index in [1.807, 2.05) is 43.3 Å². The smallest absolute Gasteiger partial charge is 0.246 e. The number of ether oxygens (including phenoxy) is 1. The molecule has 0 radical (unpaired) electrons. The van der Waals surface area contributed by atoms with Crippen molar-refractivity contribution in [3.63, 3.8) is 0 Å². The number of rotatable bonds is 5. The summed E-state index contributed by atoms with van der Waals surface area (Å²) in [6.07, 6.45) is 5.41. The molecule has 0 bridgehead atoms. The summed E-state index contributed by atoms with van der Waals surface area (Å²) in [5.41, 5.74) is 4.68. The normalized spacial score (nSPS) is 21.1. The molecule has 172 valence electrons. The van der Waals surface area contributed by atoms with Crippen molar-refractivity contribution >= 4 is 23.0 Å². The molecule has 4 aliphatic rings. The summed E-state index contributed by atoms with van der Waals surface area (Å²) < 4.78 is 6.27. The molecule has 1 unspecified atom stereocenters. The van der Waals surface area contributed by atoms with E-state index in [2.05, 4.69) is 15.2 Å². The minimum Gasteiger partial charge on any atom is -0.444 e. The van der Waals surface area contributed by atoms with E-state index < -0.39 is 5.92 Å². The number of carbonyl (C=O) groups is 2. The molecule has 2 N–H and O–H groups in total. The average Bonchev–Trinajstić information content (AvgIpc) is 3.37. The van der Waals surface area contributed by atoms with Crippen LogP contribution in [0.3, 0.4) is 0 Å². The number of nitrogens with zero attached hydrogens (tertiary/aromatic N) is 1. The summed E-state index contributed by atoms with van der Waals surface area (Å²) in [5.74, 6) is 0.435. The quantitative estimate of drug-likeness (QED) is 0.679. The van der Waals surface area contributed by atoms with Crippen LogP contribution in [0.4, 0.5) is 5.69 Å². The summed E-state index contributed by atoms with van der Waals surface area (Å²) in [5, 5.41) is 3.48. The number of Topliss-reactive ketones (excluding diaryl/α,β-unsaturated/α-hetero) is 2. The Bertz CT molecular complexity index is 1300. The molecule has 0 saturated carbocycles. The number of fused-ring (bicyclic) bond motifs is 5. The molecule has 0 spiro atoms. The molecule has 2 aliphatic carbocycles. The zero-order valence-corrected chi connectivity index (χ0v) is 19.3. The summed E-state index contributed by atoms with van der Waals surface area (Å²) in [6.45, 7) is 6.12. The van der Waals surface area contributed by atoms with Gasteiger partial charge in [0.1, 0.15) is 5.92 Å². The van der Waals surface area contributed by atoms with Crippen molar-refractivity contribution in [2.75, 3.05) is 26.2 Å². The van der Waals surface area contributed by atoms with Gasteiger partial charge in [0, 0.05) is 41.1 Å². The Morgan fingerprint density at radius 1 is 1.09 bits per heavy atom. The molecule has 0 amide bonds. The first kappa shape index (κ1) is 21.1. The standard InChI is InChI=1S/C28H27N3O3/c1-17-9-10-20-22(15-17)34-23-16-21(29-11-6-14-31-12-4-5-13-31)24-25(26(23)30-20)28(33)19-8-3-2-7-18(19)27(24)32/h2-3,7-10,15-16,25,29H,4-6,11-14H2,1H3/p+1. The fourth-order valence-electron chi connectivity index (χ4n) is 5.42. The Balaban J connectivity index is 1.39. The van der Waals surface area contributed by atoms with Crippen LogP contribution >= 0.6 is 0 Å². The lowest BCUT2D eigenvalue weighted by molar-refractivity contribution is -0.361. The number of aryl methyl sites for hydroxylation is 1. The van der Waals surface area contributed by atoms with Crippen molar-refractivity contribution in [1.82, 2.24) is 10.2 Å². The Morgan fingerprint density at radius 2 is 1.88 bits per heavy atom. The highest BCUT2D eigenvalue weighted by atomic mass is 16.5. The molecule has 0 aromatic heterocycles. The third-order valence-electron chi connectivity index (χ3n) is 7.14. The van der Waals surface area contributed by atoms with E-state index in [1.54, 1.807) is 12.1 Å². The Labute approximate surface area is 199 Å². The zero-order valence-electron chi connectivity index (χ0n) is 19.3. The maximum Gasteiger partial charge on any atom is 0.246 e. The predicted molar refractivity (Wildman–Crippen MR) is 129 cm³/mol. The number of benzene rings is 2. The van der Waals surface area contributed by atoms with Crippen molar-refractivity contribution in [2.24, 2.45) is 5.92 Å². The average molecular weight is 455 g/mol. The van der Waals surface area contributed by atoms with E-state index >= 15 is 0 Å². The van der Waals surface area contributed by atoms with Crippen LogP contribution in [0.25, 0.3) is 0 Å². The van der Waals surface area contributed by atoms with Gasteiger partial charge in [0.05, 0.1) is 0 Å². The number of ketones is 2. The molecule has 2 aromatic rings. The Morgan fingerprint density at radius 3 is 2.71 bits per heavy atom. The lowest BCUT2D eigenvalue weighted by Gasteiger charge is -2.31. The minimum absolute atomic E-state index is 0.0752. The van der Waals surface area contributed by atoms with Crippen LogP contribution in [0.1, 0.15) is 45.5 Å². The van der Waals surface area contributed by atoms with Gasteiger partial charge in [0.2, 0.25) is 11.4 Å². The van der Waals surface area contributed by atoms with Crippen LogP contribution in [-0.4, -0.2) is 48.4 Å². The molecule has 2 aliphatic heterocycles. The third kappa shape index (κ3) is 3.49. The second-order valence-corrected chi connectivity index (χ2v) is 9.48. The third-order valence-corrected chi connectivity index (χ3v) is 7.14. The van der Waals surface area contributed by atoms with Crippen LogP contribution in [0.15, 0.2) is 65.6 Å². The van der Waals surface area contributed by atoms with Gasteiger partial charge in [-0.1, -0.05) is 30.3 Å². The number of hydrogen-bond acceptors (Lipinski definition) is 5. The minimum atomic E-state index is -0.710. The fourth-order valence-corrected chi connectivity index (χ4v) is 5.42. The van der Waals surface area contributed by atoms with Crippen molar-refractivity contribution < 1.29 is 19.3 Å². The molecule has 6 nitrogen and oxygen atoms in total. The van der Waals surface area contributed by atoms with Crippen LogP contribution in [0.2, 0.25) is 0 Å². The monoisotopic (exact) mass is 454 g/mol. The van der Waals surface area contributed by atoms with Crippen molar-refractivity contribution in [2.45, 2.75) is 26.2 Å². The van der Waals surface area contributed by atoms with Crippen LogP contribution < -0.4 is 15.0 Å². The number of allylic oxidation sites excluding steroid dienone is 3. The largest absolute Gasteiger partial charge is 0.444 e. The van der Waals surface area contributed by atoms with Crippen molar-refractivity contribution in [1.29, 1.82) is 0 Å². The van der Waals surface area contributed by atoms with Crippen LogP contribution in [0.5, 0.6) is 5.75 Å². The second-order valence-electron chi connectivity index (χ2n) is 9.48. The number of nitrogens with one attached hydrogen (secondary N) is 2. The van der Waals surface area contributed by atoms with Crippen molar-refractivity contribution in [3.05, 3.63) is 82.3 Å². The van der Waals surface area contributed by atoms with E-state index in [-0.39, 0.29) is 11.6 Å². The molecular formula is C28H28N3O3+. The molecule has 1 atom stereocenters. The Kier molecular flexibility index (Phi) is 5.18. The highest BCUT2D eigenvalue weighted by Gasteiger charge is 2.49. The topological polar surface area (TPSA) is 72.6 Å². The first-order chi connectivity index (χ1) is 16.6. The predicted octanol–water partition coefficient (Wildman–Crippen LogP) is 2.46. The number of likely N-dealkylation sites (tertiary alicyclic amines) is 1. The second kappa shape index (κ2) is 8.37. The summed E-state index contributed by atoms with van der Waals surface area (Å²) in [4.78, 5) is 33.2. The van der Waals surface area contributed by atoms with Crippen molar-refractivity contribution in [3.8, 4) is 5.75 Å². The maximum absolute atomic E-state index is 13.7. The Hall–Kier alpha value is -3.51. The molecule has 2 heterocycles. The molecule has 6 rings (SSSR count). The van der Waals surface area contributed by atoms with Gasteiger partial charge in [-0.3, -0.25) is 9.59 Å². The molecule has 1 fully saturated rings. The van der Waals surface area contributed by atoms with Gasteiger partial charge in [-0.25, -0.2) is 4.99 Å². The van der Waals surface area contributed by atoms with E-state index in [9.17, 15) is 9.59 Å². The van der Waals surface area contributed by atoms with Crippen LogP contribution in [-0.2, 0) is 0 Å². The highest BCUT2D eigenvalue weighted by Crippen LogP contribution is 2.38. The number of hydrogen-bond donors (Lipinski definition) is 2. The number of carbonyl (C=O) groups excluding carboxylic acids is 2. The van der Waals surface area contributed by atoms with Gasteiger partial charge >= 0.3 is 0 Å². The van der Waals surface area contributed by atoms with Gasteiger partial charge in [-0.05, 0) is 57.5 Å². The first-order valence-electron chi connectivity index (χ1n) is 12.1. The van der Waals surface area contributed by atoms with Gasteiger partial charge in [-0.15, -0.1) is 0 Å².